The molecule has 2 aromatic heterocycles. The number of ether oxygens (including phenoxy) is 1. The minimum atomic E-state index is -0.422. The summed E-state index contributed by atoms with van der Waals surface area (Å²) in [4.78, 5) is 19.3. The summed E-state index contributed by atoms with van der Waals surface area (Å²) in [6.07, 6.45) is 5.83. The maximum Gasteiger partial charge on any atom is 0.341 e. The van der Waals surface area contributed by atoms with E-state index in [4.69, 9.17) is 16.3 Å². The monoisotopic (exact) mass is 252 g/mol. The van der Waals surface area contributed by atoms with Crippen molar-refractivity contribution in [3.63, 3.8) is 0 Å². The van der Waals surface area contributed by atoms with Gasteiger partial charge in [-0.1, -0.05) is 11.6 Å². The maximum absolute atomic E-state index is 11.4. The Labute approximate surface area is 102 Å². The summed E-state index contributed by atoms with van der Waals surface area (Å²) in [5.41, 5.74) is 0.355. The molecule has 0 unspecified atom stereocenters. The van der Waals surface area contributed by atoms with Crippen molar-refractivity contribution in [2.45, 2.75) is 6.92 Å². The summed E-state index contributed by atoms with van der Waals surface area (Å²) in [5.74, 6) is 0.0155. The fourth-order valence-electron chi connectivity index (χ4n) is 1.21. The van der Waals surface area contributed by atoms with E-state index in [0.29, 0.717) is 18.0 Å². The fraction of sp³-hybridized carbons (Fsp3) is 0.200. The molecule has 17 heavy (non-hydrogen) atoms. The van der Waals surface area contributed by atoms with Crippen molar-refractivity contribution in [3.8, 4) is 5.82 Å². The van der Waals surface area contributed by atoms with E-state index in [1.54, 1.807) is 6.92 Å². The molecule has 0 atom stereocenters. The second kappa shape index (κ2) is 4.92. The Kier molecular flexibility index (Phi) is 3.34. The normalized spacial score (nSPS) is 10.2. The number of hydrogen-bond acceptors (Lipinski definition) is 5. The van der Waals surface area contributed by atoms with Gasteiger partial charge in [-0.2, -0.15) is 5.10 Å². The number of rotatable bonds is 3. The molecule has 7 heteroatoms. The van der Waals surface area contributed by atoms with Gasteiger partial charge in [0.2, 0.25) is 0 Å². The van der Waals surface area contributed by atoms with Crippen molar-refractivity contribution in [1.29, 1.82) is 0 Å². The van der Waals surface area contributed by atoms with Gasteiger partial charge in [-0.05, 0) is 6.92 Å². The van der Waals surface area contributed by atoms with Crippen LogP contribution in [0.4, 0.5) is 0 Å². The number of esters is 1. The summed E-state index contributed by atoms with van der Waals surface area (Å²) in [5, 5.41) is 4.25. The number of halogens is 1. The highest BCUT2D eigenvalue weighted by Crippen LogP contribution is 2.08. The molecule has 0 aromatic carbocycles. The summed E-state index contributed by atoms with van der Waals surface area (Å²) < 4.78 is 6.25. The zero-order valence-corrected chi connectivity index (χ0v) is 9.76. The third-order valence-corrected chi connectivity index (χ3v) is 2.10. The van der Waals surface area contributed by atoms with E-state index >= 15 is 0 Å². The van der Waals surface area contributed by atoms with Gasteiger partial charge in [-0.25, -0.2) is 14.5 Å². The van der Waals surface area contributed by atoms with Crippen LogP contribution < -0.4 is 0 Å². The smallest absolute Gasteiger partial charge is 0.341 e. The highest BCUT2D eigenvalue weighted by atomic mass is 35.5. The van der Waals surface area contributed by atoms with E-state index < -0.39 is 5.97 Å². The van der Waals surface area contributed by atoms with Gasteiger partial charge in [-0.3, -0.25) is 4.98 Å². The topological polar surface area (TPSA) is 69.9 Å². The second-order valence-corrected chi connectivity index (χ2v) is 3.48. The molecule has 0 aliphatic carbocycles. The van der Waals surface area contributed by atoms with Crippen LogP contribution in [0.1, 0.15) is 17.3 Å². The van der Waals surface area contributed by atoms with Crippen molar-refractivity contribution >= 4 is 17.6 Å². The number of hydrogen-bond donors (Lipinski definition) is 0. The van der Waals surface area contributed by atoms with Gasteiger partial charge < -0.3 is 4.74 Å². The lowest BCUT2D eigenvalue weighted by Gasteiger charge is -1.99. The summed E-state index contributed by atoms with van der Waals surface area (Å²) >= 11 is 5.71. The third-order valence-electron chi connectivity index (χ3n) is 1.92. The molecule has 0 aliphatic heterocycles. The van der Waals surface area contributed by atoms with Crippen LogP contribution in [0.25, 0.3) is 5.82 Å². The van der Waals surface area contributed by atoms with E-state index in [0.717, 1.165) is 0 Å². The largest absolute Gasteiger partial charge is 0.462 e. The molecule has 0 amide bonds. The lowest BCUT2D eigenvalue weighted by molar-refractivity contribution is 0.0526. The van der Waals surface area contributed by atoms with Crippen LogP contribution in [0.3, 0.4) is 0 Å². The Bertz CT molecular complexity index is 541. The molecule has 2 heterocycles. The van der Waals surface area contributed by atoms with Gasteiger partial charge in [0.25, 0.3) is 0 Å². The average Bonchev–Trinajstić information content (AvgIpc) is 2.78. The molecule has 0 saturated carbocycles. The van der Waals surface area contributed by atoms with E-state index in [9.17, 15) is 4.79 Å². The van der Waals surface area contributed by atoms with Gasteiger partial charge in [0.05, 0.1) is 30.8 Å². The zero-order chi connectivity index (χ0) is 12.3. The molecular formula is C10H9ClN4O2. The standard InChI is InChI=1S/C10H9ClN4O2/c1-2-17-10(16)7-3-13-15(6-7)9-5-12-4-8(11)14-9/h3-6H,2H2,1H3. The Morgan fingerprint density at radius 1 is 1.47 bits per heavy atom. The maximum atomic E-state index is 11.4. The van der Waals surface area contributed by atoms with Crippen LogP contribution in [0.5, 0.6) is 0 Å². The highest BCUT2D eigenvalue weighted by Gasteiger charge is 2.10. The number of carbonyl (C=O) groups excluding carboxylic acids is 1. The van der Waals surface area contributed by atoms with E-state index in [1.165, 1.54) is 29.5 Å². The number of carbonyl (C=O) groups is 1. The van der Waals surface area contributed by atoms with Gasteiger partial charge in [0.15, 0.2) is 5.82 Å². The van der Waals surface area contributed by atoms with Crippen LogP contribution in [-0.4, -0.2) is 32.3 Å². The minimum absolute atomic E-state index is 0.260. The first-order chi connectivity index (χ1) is 8.20. The quantitative estimate of drug-likeness (QED) is 0.774. The molecule has 0 saturated heterocycles. The molecule has 2 rings (SSSR count). The SMILES string of the molecule is CCOC(=O)c1cnn(-c2cncc(Cl)n2)c1. The van der Waals surface area contributed by atoms with Crippen LogP contribution in [0.2, 0.25) is 5.15 Å². The summed E-state index contributed by atoms with van der Waals surface area (Å²) in [7, 11) is 0. The van der Waals surface area contributed by atoms with Gasteiger partial charge in [0, 0.05) is 6.20 Å². The second-order valence-electron chi connectivity index (χ2n) is 3.09. The van der Waals surface area contributed by atoms with E-state index in [2.05, 4.69) is 15.1 Å². The van der Waals surface area contributed by atoms with Gasteiger partial charge >= 0.3 is 5.97 Å². The first-order valence-electron chi connectivity index (χ1n) is 4.90. The molecule has 0 N–H and O–H groups in total. The van der Waals surface area contributed by atoms with Crippen molar-refractivity contribution in [3.05, 3.63) is 35.5 Å². The van der Waals surface area contributed by atoms with Crippen molar-refractivity contribution in [1.82, 2.24) is 19.7 Å². The third kappa shape index (κ3) is 2.59. The Hall–Kier alpha value is -1.95. The molecule has 0 bridgehead atoms. The van der Waals surface area contributed by atoms with Crippen molar-refractivity contribution in [2.75, 3.05) is 6.61 Å². The molecular weight excluding hydrogens is 244 g/mol. The van der Waals surface area contributed by atoms with E-state index in [-0.39, 0.29) is 5.15 Å². The Morgan fingerprint density at radius 3 is 3.00 bits per heavy atom. The first-order valence-corrected chi connectivity index (χ1v) is 5.28. The zero-order valence-electron chi connectivity index (χ0n) is 9.00. The van der Waals surface area contributed by atoms with Crippen LogP contribution in [-0.2, 0) is 4.74 Å². The molecule has 2 aromatic rings. The number of aromatic nitrogens is 4. The summed E-state index contributed by atoms with van der Waals surface area (Å²) in [6, 6.07) is 0. The first kappa shape index (κ1) is 11.5. The fourth-order valence-corrected chi connectivity index (χ4v) is 1.35. The molecule has 0 fully saturated rings. The lowest BCUT2D eigenvalue weighted by atomic mass is 10.4. The molecule has 0 spiro atoms. The van der Waals surface area contributed by atoms with Crippen LogP contribution >= 0.6 is 11.6 Å². The van der Waals surface area contributed by atoms with Crippen LogP contribution in [0, 0.1) is 0 Å². The minimum Gasteiger partial charge on any atom is -0.462 e. The van der Waals surface area contributed by atoms with Crippen molar-refractivity contribution in [2.24, 2.45) is 0 Å². The summed E-state index contributed by atoms with van der Waals surface area (Å²) in [6.45, 7) is 2.06. The predicted molar refractivity (Wildman–Crippen MR) is 60.1 cm³/mol. The van der Waals surface area contributed by atoms with E-state index in [1.807, 2.05) is 0 Å². The average molecular weight is 253 g/mol. The highest BCUT2D eigenvalue weighted by molar-refractivity contribution is 6.29. The Balaban J connectivity index is 2.27. The molecule has 0 aliphatic rings. The van der Waals surface area contributed by atoms with Crippen molar-refractivity contribution < 1.29 is 9.53 Å². The predicted octanol–water partition coefficient (Wildman–Crippen LogP) is 1.49. The van der Waals surface area contributed by atoms with Gasteiger partial charge in [0.1, 0.15) is 5.15 Å². The number of nitrogens with zero attached hydrogens (tertiary/aromatic N) is 4. The lowest BCUT2D eigenvalue weighted by Crippen LogP contribution is -2.03. The molecule has 88 valence electrons. The molecule has 0 radical (unpaired) electrons. The van der Waals surface area contributed by atoms with Gasteiger partial charge in [-0.15, -0.1) is 0 Å². The van der Waals surface area contributed by atoms with Crippen LogP contribution in [0.15, 0.2) is 24.8 Å². The molecule has 6 nitrogen and oxygen atoms in total. The Morgan fingerprint density at radius 2 is 2.29 bits per heavy atom.